The fourth-order valence-electron chi connectivity index (χ4n) is 3.94. The van der Waals surface area contributed by atoms with Gasteiger partial charge in [0.15, 0.2) is 11.5 Å². The van der Waals surface area contributed by atoms with E-state index in [1.807, 2.05) is 13.8 Å². The maximum atomic E-state index is 14.8. The van der Waals surface area contributed by atoms with Crippen molar-refractivity contribution in [2.45, 2.75) is 13.8 Å². The summed E-state index contributed by atoms with van der Waals surface area (Å²) in [5.41, 5.74) is 5.98. The first-order valence-electron chi connectivity index (χ1n) is 11.0. The summed E-state index contributed by atoms with van der Waals surface area (Å²) in [6.45, 7) is 5.31. The van der Waals surface area contributed by atoms with E-state index in [-0.39, 0.29) is 45.3 Å². The van der Waals surface area contributed by atoms with Gasteiger partial charge in [0.25, 0.3) is 5.91 Å². The van der Waals surface area contributed by atoms with E-state index in [1.54, 1.807) is 15.9 Å². The maximum Gasteiger partial charge on any atom is 0.271 e. The first kappa shape index (κ1) is 24.5. The van der Waals surface area contributed by atoms with Crippen LogP contribution >= 0.6 is 11.6 Å². The smallest absolute Gasteiger partial charge is 0.271 e. The SMILES string of the molecule is CC(C)C(=O)N1CCN(c2nc(-c3ccncc3Cl)c(-c3ccc(F)cc3F)nc2C(N)=O)CC1. The van der Waals surface area contributed by atoms with Crippen LogP contribution in [0.4, 0.5) is 14.6 Å². The highest BCUT2D eigenvalue weighted by molar-refractivity contribution is 6.33. The molecule has 182 valence electrons. The second-order valence-electron chi connectivity index (χ2n) is 8.40. The van der Waals surface area contributed by atoms with Crippen LogP contribution in [0, 0.1) is 17.6 Å². The van der Waals surface area contributed by atoms with Gasteiger partial charge >= 0.3 is 0 Å². The number of piperazine rings is 1. The number of rotatable bonds is 5. The molecule has 11 heteroatoms. The van der Waals surface area contributed by atoms with Crippen LogP contribution in [0.3, 0.4) is 0 Å². The van der Waals surface area contributed by atoms with E-state index in [0.29, 0.717) is 31.7 Å². The molecule has 3 aromatic rings. The Bertz CT molecular complexity index is 1300. The second-order valence-corrected chi connectivity index (χ2v) is 8.81. The minimum Gasteiger partial charge on any atom is -0.364 e. The molecule has 2 N–H and O–H groups in total. The molecule has 1 aliphatic heterocycles. The lowest BCUT2D eigenvalue weighted by atomic mass is 10.0. The molecule has 1 aromatic carbocycles. The molecule has 3 heterocycles. The number of anilines is 1. The Labute approximate surface area is 205 Å². The minimum atomic E-state index is -0.880. The number of primary amides is 1. The number of aromatic nitrogens is 3. The molecule has 35 heavy (non-hydrogen) atoms. The Morgan fingerprint density at radius 3 is 2.31 bits per heavy atom. The molecule has 0 saturated carbocycles. The Morgan fingerprint density at radius 1 is 1.03 bits per heavy atom. The molecule has 1 saturated heterocycles. The number of pyridine rings is 1. The van der Waals surface area contributed by atoms with Gasteiger partial charge in [0.2, 0.25) is 5.91 Å². The van der Waals surface area contributed by atoms with Crippen molar-refractivity contribution in [3.05, 3.63) is 59.0 Å². The van der Waals surface area contributed by atoms with E-state index >= 15 is 0 Å². The molecule has 0 unspecified atom stereocenters. The first-order chi connectivity index (χ1) is 16.7. The van der Waals surface area contributed by atoms with Gasteiger partial charge in [-0.25, -0.2) is 18.7 Å². The molecule has 0 radical (unpaired) electrons. The Hall–Kier alpha value is -3.66. The molecule has 1 fully saturated rings. The van der Waals surface area contributed by atoms with Crippen molar-refractivity contribution in [3.8, 4) is 22.5 Å². The van der Waals surface area contributed by atoms with Crippen LogP contribution in [0.25, 0.3) is 22.5 Å². The fourth-order valence-corrected chi connectivity index (χ4v) is 4.15. The average Bonchev–Trinajstić information content (AvgIpc) is 2.83. The zero-order valence-electron chi connectivity index (χ0n) is 19.1. The van der Waals surface area contributed by atoms with Crippen LogP contribution in [0.2, 0.25) is 5.02 Å². The van der Waals surface area contributed by atoms with E-state index in [4.69, 9.17) is 17.3 Å². The summed E-state index contributed by atoms with van der Waals surface area (Å²) in [7, 11) is 0. The number of nitrogens with zero attached hydrogens (tertiary/aromatic N) is 5. The van der Waals surface area contributed by atoms with E-state index < -0.39 is 17.5 Å². The number of hydrogen-bond donors (Lipinski definition) is 1. The Kier molecular flexibility index (Phi) is 6.93. The molecule has 0 spiro atoms. The normalized spacial score (nSPS) is 13.9. The quantitative estimate of drug-likeness (QED) is 0.574. The molecule has 1 aliphatic rings. The highest BCUT2D eigenvalue weighted by Crippen LogP contribution is 2.37. The van der Waals surface area contributed by atoms with Gasteiger partial charge in [0.05, 0.1) is 5.02 Å². The minimum absolute atomic E-state index is 0.0122. The van der Waals surface area contributed by atoms with Crippen LogP contribution in [-0.2, 0) is 4.79 Å². The standard InChI is InChI=1S/C24H23ClF2N6O2/c1-13(2)24(35)33-9-7-32(8-10-33)23-21(22(28)34)30-20(16-4-3-14(26)11-18(16)27)19(31-23)15-5-6-29-12-17(15)25/h3-6,11-13H,7-10H2,1-2H3,(H2,28,34). The van der Waals surface area contributed by atoms with E-state index in [0.717, 1.165) is 12.1 Å². The molecule has 0 aliphatic carbocycles. The van der Waals surface area contributed by atoms with Crippen molar-refractivity contribution < 1.29 is 18.4 Å². The number of halogens is 3. The van der Waals surface area contributed by atoms with Gasteiger partial charge in [0.1, 0.15) is 23.0 Å². The number of nitrogens with two attached hydrogens (primary N) is 1. The molecule has 2 aromatic heterocycles. The van der Waals surface area contributed by atoms with Crippen molar-refractivity contribution in [3.63, 3.8) is 0 Å². The number of benzene rings is 1. The lowest BCUT2D eigenvalue weighted by molar-refractivity contribution is -0.134. The van der Waals surface area contributed by atoms with Crippen LogP contribution in [0.1, 0.15) is 24.3 Å². The van der Waals surface area contributed by atoms with Crippen molar-refractivity contribution in [2.24, 2.45) is 11.7 Å². The monoisotopic (exact) mass is 500 g/mol. The number of carbonyl (C=O) groups excluding carboxylic acids is 2. The Balaban J connectivity index is 1.86. The number of amides is 2. The van der Waals surface area contributed by atoms with E-state index in [1.165, 1.54) is 18.5 Å². The van der Waals surface area contributed by atoms with E-state index in [9.17, 15) is 18.4 Å². The molecule has 2 amide bonds. The topological polar surface area (TPSA) is 105 Å². The lowest BCUT2D eigenvalue weighted by Crippen LogP contribution is -2.50. The average molecular weight is 501 g/mol. The van der Waals surface area contributed by atoms with Crippen molar-refractivity contribution in [2.75, 3.05) is 31.1 Å². The lowest BCUT2D eigenvalue weighted by Gasteiger charge is -2.36. The largest absolute Gasteiger partial charge is 0.364 e. The number of hydrogen-bond acceptors (Lipinski definition) is 6. The summed E-state index contributed by atoms with van der Waals surface area (Å²) in [4.78, 5) is 41.4. The van der Waals surface area contributed by atoms with Crippen LogP contribution in [-0.4, -0.2) is 57.8 Å². The third-order valence-corrected chi connectivity index (χ3v) is 6.01. The highest BCUT2D eigenvalue weighted by atomic mass is 35.5. The van der Waals surface area contributed by atoms with Gasteiger partial charge < -0.3 is 15.5 Å². The molecular formula is C24H23ClF2N6O2. The Morgan fingerprint density at radius 2 is 1.71 bits per heavy atom. The summed E-state index contributed by atoms with van der Waals surface area (Å²) in [6, 6.07) is 4.61. The third kappa shape index (κ3) is 4.93. The van der Waals surface area contributed by atoms with Crippen molar-refractivity contribution in [1.29, 1.82) is 0 Å². The zero-order chi connectivity index (χ0) is 25.3. The highest BCUT2D eigenvalue weighted by Gasteiger charge is 2.29. The second kappa shape index (κ2) is 9.91. The molecule has 0 atom stereocenters. The van der Waals surface area contributed by atoms with Gasteiger partial charge in [-0.15, -0.1) is 0 Å². The van der Waals surface area contributed by atoms with Crippen molar-refractivity contribution in [1.82, 2.24) is 19.9 Å². The van der Waals surface area contributed by atoms with E-state index in [2.05, 4.69) is 15.0 Å². The maximum absolute atomic E-state index is 14.8. The summed E-state index contributed by atoms with van der Waals surface area (Å²) in [5, 5.41) is 0.232. The molecule has 0 bridgehead atoms. The first-order valence-corrected chi connectivity index (χ1v) is 11.4. The summed E-state index contributed by atoms with van der Waals surface area (Å²) < 4.78 is 28.4. The molecule has 4 rings (SSSR count). The van der Waals surface area contributed by atoms with Crippen molar-refractivity contribution >= 4 is 29.2 Å². The molecular weight excluding hydrogens is 478 g/mol. The predicted molar refractivity (Wildman–Crippen MR) is 128 cm³/mol. The van der Waals surface area contributed by atoms with Gasteiger partial charge in [0, 0.05) is 61.7 Å². The van der Waals surface area contributed by atoms with Crippen LogP contribution in [0.15, 0.2) is 36.7 Å². The zero-order valence-corrected chi connectivity index (χ0v) is 19.9. The summed E-state index contributed by atoms with van der Waals surface area (Å²) >= 11 is 6.37. The van der Waals surface area contributed by atoms with Crippen LogP contribution in [0.5, 0.6) is 0 Å². The number of carbonyl (C=O) groups is 2. The third-order valence-electron chi connectivity index (χ3n) is 5.71. The van der Waals surface area contributed by atoms with Gasteiger partial charge in [-0.3, -0.25) is 14.6 Å². The summed E-state index contributed by atoms with van der Waals surface area (Å²) in [6.07, 6.45) is 2.90. The summed E-state index contributed by atoms with van der Waals surface area (Å²) in [5.74, 6) is -2.39. The van der Waals surface area contributed by atoms with Gasteiger partial charge in [-0.2, -0.15) is 0 Å². The van der Waals surface area contributed by atoms with Crippen LogP contribution < -0.4 is 10.6 Å². The molecule has 8 nitrogen and oxygen atoms in total. The van der Waals surface area contributed by atoms with Gasteiger partial charge in [-0.1, -0.05) is 25.4 Å². The predicted octanol–water partition coefficient (Wildman–Crippen LogP) is 3.54. The fraction of sp³-hybridized carbons (Fsp3) is 0.292. The van der Waals surface area contributed by atoms with Gasteiger partial charge in [-0.05, 0) is 18.2 Å².